The minimum atomic E-state index is -0.0125. The Morgan fingerprint density at radius 2 is 2.22 bits per heavy atom. The number of amides is 1. The van der Waals surface area contributed by atoms with Crippen LogP contribution >= 0.6 is 11.3 Å². The van der Waals surface area contributed by atoms with Crippen molar-refractivity contribution in [2.45, 2.75) is 37.3 Å². The van der Waals surface area contributed by atoms with Gasteiger partial charge in [0, 0.05) is 36.7 Å². The number of hydrogen-bond acceptors (Lipinski definition) is 4. The molecule has 0 radical (unpaired) electrons. The molecule has 2 aliphatic rings. The zero-order valence-electron chi connectivity index (χ0n) is 14.0. The maximum absolute atomic E-state index is 12.3. The Kier molecular flexibility index (Phi) is 5.19. The molecule has 1 aromatic heterocycles. The fraction of sp³-hybridized carbons (Fsp3) is 0.611. The lowest BCUT2D eigenvalue weighted by molar-refractivity contribution is -0.144. The Morgan fingerprint density at radius 1 is 1.43 bits per heavy atom. The summed E-state index contributed by atoms with van der Waals surface area (Å²) in [5, 5.41) is 2.02. The number of ether oxygens (including phenoxy) is 1. The van der Waals surface area contributed by atoms with Crippen molar-refractivity contribution in [1.29, 1.82) is 0 Å². The van der Waals surface area contributed by atoms with Crippen LogP contribution in [0.5, 0.6) is 0 Å². The van der Waals surface area contributed by atoms with Gasteiger partial charge in [0.25, 0.3) is 0 Å². The van der Waals surface area contributed by atoms with Gasteiger partial charge in [-0.25, -0.2) is 0 Å². The highest BCUT2D eigenvalue weighted by molar-refractivity contribution is 7.10. The second kappa shape index (κ2) is 7.16. The third kappa shape index (κ3) is 4.03. The molecule has 0 aromatic carbocycles. The third-order valence-corrected chi connectivity index (χ3v) is 5.95. The van der Waals surface area contributed by atoms with Crippen LogP contribution in [0.4, 0.5) is 0 Å². The summed E-state index contributed by atoms with van der Waals surface area (Å²) in [5.74, 6) is 0.119. The maximum atomic E-state index is 12.3. The van der Waals surface area contributed by atoms with E-state index < -0.39 is 0 Å². The fourth-order valence-electron chi connectivity index (χ4n) is 3.57. The quantitative estimate of drug-likeness (QED) is 0.797. The zero-order valence-corrected chi connectivity index (χ0v) is 14.8. The summed E-state index contributed by atoms with van der Waals surface area (Å²) >= 11 is 1.65. The fourth-order valence-corrected chi connectivity index (χ4v) is 4.19. The molecule has 1 aromatic rings. The van der Waals surface area contributed by atoms with Gasteiger partial charge in [-0.3, -0.25) is 4.79 Å². The highest BCUT2D eigenvalue weighted by atomic mass is 32.1. The molecule has 0 N–H and O–H groups in total. The molecule has 3 rings (SSSR count). The van der Waals surface area contributed by atoms with Crippen molar-refractivity contribution in [3.05, 3.63) is 28.5 Å². The first-order valence-corrected chi connectivity index (χ1v) is 9.27. The molecule has 2 saturated heterocycles. The number of rotatable bonds is 3. The molecule has 3 heterocycles. The number of thiophene rings is 1. The molecule has 1 amide bonds. The molecular formula is C18H26N2O2S. The van der Waals surface area contributed by atoms with Crippen molar-refractivity contribution < 1.29 is 9.53 Å². The van der Waals surface area contributed by atoms with Crippen LogP contribution in [0.2, 0.25) is 0 Å². The van der Waals surface area contributed by atoms with Gasteiger partial charge in [-0.15, -0.1) is 11.3 Å². The Hall–Kier alpha value is -1.17. The van der Waals surface area contributed by atoms with Crippen LogP contribution in [0.3, 0.4) is 0 Å². The smallest absolute Gasteiger partial charge is 0.246 e. The number of carbonyl (C=O) groups excluding carboxylic acids is 1. The molecule has 4 nitrogen and oxygen atoms in total. The van der Waals surface area contributed by atoms with Crippen molar-refractivity contribution >= 4 is 23.3 Å². The van der Waals surface area contributed by atoms with E-state index >= 15 is 0 Å². The Labute approximate surface area is 142 Å². The predicted octanol–water partition coefficient (Wildman–Crippen LogP) is 2.86. The SMILES string of the molecule is CN(C)C1CCOC2(CCN(C(=O)/C=C/c3cccs3)CC2)C1. The summed E-state index contributed by atoms with van der Waals surface area (Å²) in [5.41, 5.74) is -0.0125. The van der Waals surface area contributed by atoms with E-state index in [1.807, 2.05) is 28.5 Å². The van der Waals surface area contributed by atoms with Crippen LogP contribution in [0.15, 0.2) is 23.6 Å². The van der Waals surface area contributed by atoms with Crippen LogP contribution in [0.25, 0.3) is 6.08 Å². The summed E-state index contributed by atoms with van der Waals surface area (Å²) in [6.45, 7) is 2.44. The Bertz CT molecular complexity index is 545. The maximum Gasteiger partial charge on any atom is 0.246 e. The van der Waals surface area contributed by atoms with E-state index in [0.29, 0.717) is 6.04 Å². The number of nitrogens with zero attached hydrogens (tertiary/aromatic N) is 2. The summed E-state index contributed by atoms with van der Waals surface area (Å²) in [7, 11) is 4.30. The van der Waals surface area contributed by atoms with Crippen molar-refractivity contribution in [3.8, 4) is 0 Å². The molecule has 0 aliphatic carbocycles. The van der Waals surface area contributed by atoms with Gasteiger partial charge in [-0.05, 0) is 57.3 Å². The standard InChI is InChI=1S/C18H26N2O2S/c1-19(2)15-7-12-22-18(14-15)8-10-20(11-9-18)17(21)6-5-16-4-3-13-23-16/h3-6,13,15H,7-12,14H2,1-2H3/b6-5+. The lowest BCUT2D eigenvalue weighted by Gasteiger charge is -2.47. The second-order valence-corrected chi connectivity index (χ2v) is 7.80. The average molecular weight is 334 g/mol. The number of likely N-dealkylation sites (tertiary alicyclic amines) is 1. The molecule has 0 bridgehead atoms. The van der Waals surface area contributed by atoms with Crippen LogP contribution in [0.1, 0.15) is 30.6 Å². The van der Waals surface area contributed by atoms with E-state index in [-0.39, 0.29) is 11.5 Å². The van der Waals surface area contributed by atoms with Crippen molar-refractivity contribution in [1.82, 2.24) is 9.80 Å². The van der Waals surface area contributed by atoms with Gasteiger partial charge in [0.1, 0.15) is 0 Å². The minimum Gasteiger partial charge on any atom is -0.375 e. The molecule has 1 atom stereocenters. The Morgan fingerprint density at radius 3 is 2.87 bits per heavy atom. The summed E-state index contributed by atoms with van der Waals surface area (Å²) in [6.07, 6.45) is 7.73. The van der Waals surface area contributed by atoms with Gasteiger partial charge in [0.05, 0.1) is 5.60 Å². The van der Waals surface area contributed by atoms with Crippen molar-refractivity contribution in [2.24, 2.45) is 0 Å². The van der Waals surface area contributed by atoms with Crippen LogP contribution in [-0.4, -0.2) is 61.1 Å². The van der Waals surface area contributed by atoms with E-state index in [1.54, 1.807) is 17.4 Å². The first kappa shape index (κ1) is 16.7. The molecule has 126 valence electrons. The molecule has 2 aliphatic heterocycles. The highest BCUT2D eigenvalue weighted by Gasteiger charge is 2.41. The van der Waals surface area contributed by atoms with Crippen molar-refractivity contribution in [3.63, 3.8) is 0 Å². The zero-order chi connectivity index (χ0) is 16.3. The van der Waals surface area contributed by atoms with E-state index in [4.69, 9.17) is 4.74 Å². The molecule has 0 saturated carbocycles. The second-order valence-electron chi connectivity index (χ2n) is 6.82. The lowest BCUT2D eigenvalue weighted by Crippen LogP contribution is -2.53. The first-order valence-electron chi connectivity index (χ1n) is 8.39. The molecular weight excluding hydrogens is 308 g/mol. The van der Waals surface area contributed by atoms with Crippen LogP contribution in [0, 0.1) is 0 Å². The molecule has 1 spiro atoms. The predicted molar refractivity (Wildman–Crippen MR) is 94.6 cm³/mol. The van der Waals surface area contributed by atoms with Crippen LogP contribution < -0.4 is 0 Å². The monoisotopic (exact) mass is 334 g/mol. The van der Waals surface area contributed by atoms with Crippen LogP contribution in [-0.2, 0) is 9.53 Å². The lowest BCUT2D eigenvalue weighted by atomic mass is 9.82. The van der Waals surface area contributed by atoms with E-state index in [9.17, 15) is 4.79 Å². The first-order chi connectivity index (χ1) is 11.1. The van der Waals surface area contributed by atoms with Crippen molar-refractivity contribution in [2.75, 3.05) is 33.8 Å². The van der Waals surface area contributed by atoms with E-state index in [2.05, 4.69) is 19.0 Å². The largest absolute Gasteiger partial charge is 0.375 e. The summed E-state index contributed by atoms with van der Waals surface area (Å²) in [6, 6.07) is 4.63. The van der Waals surface area contributed by atoms with Gasteiger partial charge in [0.15, 0.2) is 0 Å². The molecule has 5 heteroatoms. The number of carbonyl (C=O) groups is 1. The molecule has 1 unspecified atom stereocenters. The molecule has 23 heavy (non-hydrogen) atoms. The normalized spacial score (nSPS) is 24.7. The topological polar surface area (TPSA) is 32.8 Å². The Balaban J connectivity index is 1.54. The van der Waals surface area contributed by atoms with E-state index in [0.717, 1.165) is 50.3 Å². The van der Waals surface area contributed by atoms with Gasteiger partial charge < -0.3 is 14.5 Å². The number of piperidine rings is 1. The van der Waals surface area contributed by atoms with E-state index in [1.165, 1.54) is 0 Å². The molecule has 2 fully saturated rings. The highest BCUT2D eigenvalue weighted by Crippen LogP contribution is 2.36. The minimum absolute atomic E-state index is 0.0125. The van der Waals surface area contributed by atoms with Gasteiger partial charge >= 0.3 is 0 Å². The summed E-state index contributed by atoms with van der Waals surface area (Å²) in [4.78, 5) is 17.7. The van der Waals surface area contributed by atoms with Gasteiger partial charge in [-0.1, -0.05) is 6.07 Å². The average Bonchev–Trinajstić information content (AvgIpc) is 3.07. The third-order valence-electron chi connectivity index (χ3n) is 5.12. The van der Waals surface area contributed by atoms with Gasteiger partial charge in [0.2, 0.25) is 5.91 Å². The summed E-state index contributed by atoms with van der Waals surface area (Å²) < 4.78 is 6.15. The van der Waals surface area contributed by atoms with Gasteiger partial charge in [-0.2, -0.15) is 0 Å². The number of hydrogen-bond donors (Lipinski definition) is 0.